The number of carbonyl (C=O) groups excluding carboxylic acids is 2. The van der Waals surface area contributed by atoms with E-state index in [4.69, 9.17) is 9.47 Å². The topological polar surface area (TPSA) is 83.1 Å². The second kappa shape index (κ2) is 7.78. The number of amides is 4. The fourth-order valence-electron chi connectivity index (χ4n) is 3.70. The van der Waals surface area contributed by atoms with Crippen molar-refractivity contribution >= 4 is 12.1 Å². The van der Waals surface area contributed by atoms with Crippen LogP contribution >= 0.6 is 0 Å². The Kier molecular flexibility index (Phi) is 5.68. The van der Waals surface area contributed by atoms with Gasteiger partial charge in [-0.05, 0) is 17.8 Å². The summed E-state index contributed by atoms with van der Waals surface area (Å²) in [5.74, 6) is 0.368. The molecular weight excluding hydrogens is 324 g/mol. The van der Waals surface area contributed by atoms with Crippen molar-refractivity contribution in [2.45, 2.75) is 26.3 Å². The van der Waals surface area contributed by atoms with Crippen LogP contribution in [0.2, 0.25) is 0 Å². The third-order valence-corrected chi connectivity index (χ3v) is 5.86. The van der Waals surface area contributed by atoms with E-state index in [1.54, 1.807) is 4.90 Å². The summed E-state index contributed by atoms with van der Waals surface area (Å²) in [6.07, 6.45) is 0.895. The van der Waals surface area contributed by atoms with Crippen molar-refractivity contribution in [3.8, 4) is 0 Å². The van der Waals surface area contributed by atoms with E-state index in [2.05, 4.69) is 24.5 Å². The van der Waals surface area contributed by atoms with Crippen LogP contribution in [0.25, 0.3) is 0 Å². The molecule has 1 aliphatic carbocycles. The van der Waals surface area contributed by atoms with Crippen molar-refractivity contribution in [2.75, 3.05) is 59.2 Å². The monoisotopic (exact) mass is 354 g/mol. The summed E-state index contributed by atoms with van der Waals surface area (Å²) < 4.78 is 10.6. The van der Waals surface area contributed by atoms with Crippen LogP contribution in [0.5, 0.6) is 0 Å². The molecule has 0 spiro atoms. The first-order chi connectivity index (χ1) is 12.0. The molecule has 3 aliphatic rings. The van der Waals surface area contributed by atoms with E-state index in [0.717, 1.165) is 6.42 Å². The zero-order chi connectivity index (χ0) is 17.9. The summed E-state index contributed by atoms with van der Waals surface area (Å²) in [6, 6.07) is 0.130. The molecule has 1 saturated carbocycles. The van der Waals surface area contributed by atoms with Gasteiger partial charge in [0.1, 0.15) is 0 Å². The molecule has 0 bridgehead atoms. The van der Waals surface area contributed by atoms with Gasteiger partial charge in [-0.2, -0.15) is 0 Å². The van der Waals surface area contributed by atoms with E-state index in [1.165, 1.54) is 0 Å². The molecule has 4 amide bonds. The first kappa shape index (κ1) is 18.3. The van der Waals surface area contributed by atoms with Crippen LogP contribution in [0.15, 0.2) is 0 Å². The first-order valence-electron chi connectivity index (χ1n) is 9.22. The molecule has 8 heteroatoms. The van der Waals surface area contributed by atoms with Crippen molar-refractivity contribution in [3.05, 3.63) is 0 Å². The zero-order valence-corrected chi connectivity index (χ0v) is 15.3. The molecule has 2 aliphatic heterocycles. The molecule has 2 N–H and O–H groups in total. The number of hydrogen-bond acceptors (Lipinski definition) is 4. The van der Waals surface area contributed by atoms with Crippen LogP contribution in [-0.4, -0.2) is 87.1 Å². The quantitative estimate of drug-likeness (QED) is 0.772. The number of nitrogens with one attached hydrogen (secondary N) is 2. The fraction of sp³-hybridized carbons (Fsp3) is 0.882. The number of hydrogen-bond donors (Lipinski definition) is 2. The highest BCUT2D eigenvalue weighted by Gasteiger charge is 2.49. The molecule has 8 nitrogen and oxygen atoms in total. The van der Waals surface area contributed by atoms with Crippen LogP contribution in [-0.2, 0) is 9.47 Å². The standard InChI is InChI=1S/C17H30N4O4/c1-17(2)13(12-18-15(22)20-3-7-24-8-4-20)11-14(17)19-16(23)21-5-9-25-10-6-21/h13-14H,3-12H2,1-2H3,(H,18,22)(H,19,23). The van der Waals surface area contributed by atoms with Crippen molar-refractivity contribution in [1.82, 2.24) is 20.4 Å². The number of ether oxygens (including phenoxy) is 2. The molecule has 0 aromatic heterocycles. The van der Waals surface area contributed by atoms with Crippen LogP contribution in [0.4, 0.5) is 9.59 Å². The smallest absolute Gasteiger partial charge is 0.317 e. The number of morpholine rings is 2. The maximum Gasteiger partial charge on any atom is 0.317 e. The number of carbonyl (C=O) groups is 2. The number of rotatable bonds is 3. The minimum atomic E-state index is -0.0275. The van der Waals surface area contributed by atoms with E-state index < -0.39 is 0 Å². The van der Waals surface area contributed by atoms with Gasteiger partial charge < -0.3 is 29.9 Å². The molecule has 2 atom stereocenters. The summed E-state index contributed by atoms with van der Waals surface area (Å²) in [5, 5.41) is 6.19. The van der Waals surface area contributed by atoms with Gasteiger partial charge in [0.2, 0.25) is 0 Å². The van der Waals surface area contributed by atoms with Gasteiger partial charge in [-0.1, -0.05) is 13.8 Å². The molecule has 2 saturated heterocycles. The minimum Gasteiger partial charge on any atom is -0.378 e. The highest BCUT2D eigenvalue weighted by Crippen LogP contribution is 2.45. The van der Waals surface area contributed by atoms with Crippen molar-refractivity contribution in [2.24, 2.45) is 11.3 Å². The molecule has 0 aromatic carbocycles. The Hall–Kier alpha value is -1.54. The lowest BCUT2D eigenvalue weighted by molar-refractivity contribution is 0.0105. The van der Waals surface area contributed by atoms with E-state index in [0.29, 0.717) is 65.1 Å². The van der Waals surface area contributed by atoms with Gasteiger partial charge >= 0.3 is 12.1 Å². The summed E-state index contributed by atoms with van der Waals surface area (Å²) in [4.78, 5) is 28.1. The maximum absolute atomic E-state index is 12.3. The van der Waals surface area contributed by atoms with Crippen molar-refractivity contribution in [1.29, 1.82) is 0 Å². The van der Waals surface area contributed by atoms with Gasteiger partial charge in [0.15, 0.2) is 0 Å². The van der Waals surface area contributed by atoms with Gasteiger partial charge in [0.25, 0.3) is 0 Å². The second-order valence-electron chi connectivity index (χ2n) is 7.64. The maximum atomic E-state index is 12.3. The minimum absolute atomic E-state index is 0.00261. The molecule has 3 fully saturated rings. The average Bonchev–Trinajstić information content (AvgIpc) is 2.65. The van der Waals surface area contributed by atoms with E-state index in [1.807, 2.05) is 4.90 Å². The van der Waals surface area contributed by atoms with Crippen LogP contribution in [0.1, 0.15) is 20.3 Å². The fourth-order valence-corrected chi connectivity index (χ4v) is 3.70. The van der Waals surface area contributed by atoms with Crippen LogP contribution < -0.4 is 10.6 Å². The molecular formula is C17H30N4O4. The van der Waals surface area contributed by atoms with Gasteiger partial charge in [-0.15, -0.1) is 0 Å². The van der Waals surface area contributed by atoms with Crippen molar-refractivity contribution in [3.63, 3.8) is 0 Å². The van der Waals surface area contributed by atoms with Crippen LogP contribution in [0, 0.1) is 11.3 Å². The Labute approximate surface area is 149 Å². The largest absolute Gasteiger partial charge is 0.378 e. The summed E-state index contributed by atoms with van der Waals surface area (Å²) in [6.45, 7) is 10.0. The number of nitrogens with zero attached hydrogens (tertiary/aromatic N) is 2. The molecule has 2 heterocycles. The lowest BCUT2D eigenvalue weighted by Crippen LogP contribution is -2.63. The van der Waals surface area contributed by atoms with E-state index >= 15 is 0 Å². The lowest BCUT2D eigenvalue weighted by atomic mass is 9.58. The van der Waals surface area contributed by atoms with Crippen molar-refractivity contribution < 1.29 is 19.1 Å². The molecule has 0 radical (unpaired) electrons. The molecule has 25 heavy (non-hydrogen) atoms. The predicted molar refractivity (Wildman–Crippen MR) is 92.4 cm³/mol. The summed E-state index contributed by atoms with van der Waals surface area (Å²) in [7, 11) is 0. The predicted octanol–water partition coefficient (Wildman–Crippen LogP) is 0.485. The zero-order valence-electron chi connectivity index (χ0n) is 15.3. The normalized spacial score (nSPS) is 28.9. The van der Waals surface area contributed by atoms with E-state index in [-0.39, 0.29) is 23.5 Å². The van der Waals surface area contributed by atoms with Gasteiger partial charge in [0, 0.05) is 38.8 Å². The third-order valence-electron chi connectivity index (χ3n) is 5.86. The molecule has 2 unspecified atom stereocenters. The Morgan fingerprint density at radius 3 is 2.00 bits per heavy atom. The van der Waals surface area contributed by atoms with Gasteiger partial charge in [-0.3, -0.25) is 0 Å². The third kappa shape index (κ3) is 4.17. The van der Waals surface area contributed by atoms with Gasteiger partial charge in [0.05, 0.1) is 26.4 Å². The van der Waals surface area contributed by atoms with Gasteiger partial charge in [-0.25, -0.2) is 9.59 Å². The highest BCUT2D eigenvalue weighted by molar-refractivity contribution is 5.75. The molecule has 0 aromatic rings. The first-order valence-corrected chi connectivity index (χ1v) is 9.22. The lowest BCUT2D eigenvalue weighted by Gasteiger charge is -2.53. The van der Waals surface area contributed by atoms with Crippen LogP contribution in [0.3, 0.4) is 0 Å². The Bertz CT molecular complexity index is 487. The summed E-state index contributed by atoms with van der Waals surface area (Å²) >= 11 is 0. The molecule has 142 valence electrons. The Balaban J connectivity index is 1.41. The Morgan fingerprint density at radius 1 is 0.960 bits per heavy atom. The second-order valence-corrected chi connectivity index (χ2v) is 7.64. The van der Waals surface area contributed by atoms with E-state index in [9.17, 15) is 9.59 Å². The number of urea groups is 2. The Morgan fingerprint density at radius 2 is 1.48 bits per heavy atom. The average molecular weight is 354 g/mol. The SMILES string of the molecule is CC1(C)C(CNC(=O)N2CCOCC2)CC1NC(=O)N1CCOCC1. The molecule has 3 rings (SSSR count). The summed E-state index contributed by atoms with van der Waals surface area (Å²) in [5.41, 5.74) is -0.0275. The highest BCUT2D eigenvalue weighted by atomic mass is 16.5.